The Morgan fingerprint density at radius 1 is 1.15 bits per heavy atom. The van der Waals surface area contributed by atoms with Crippen molar-refractivity contribution in [2.45, 2.75) is 17.3 Å². The molecule has 3 rings (SSSR count). The largest absolute Gasteiger partial charge is 0.486 e. The van der Waals surface area contributed by atoms with Gasteiger partial charge < -0.3 is 4.74 Å². The van der Waals surface area contributed by atoms with Crippen LogP contribution in [0.5, 0.6) is 5.75 Å². The number of tetrazole rings is 1. The van der Waals surface area contributed by atoms with E-state index in [0.29, 0.717) is 11.8 Å². The molecule has 10 heteroatoms. The SMILES string of the molecule is Cn1nnn(-c2cccc(SC(F)F)c2COc2ccccc2F)c1=O. The van der Waals surface area contributed by atoms with Gasteiger partial charge in [0, 0.05) is 17.5 Å². The van der Waals surface area contributed by atoms with Gasteiger partial charge >= 0.3 is 5.69 Å². The standard InChI is InChI=1S/C16H13F3N4O2S/c1-22-16(24)23(21-20-22)12-6-4-8-14(26-15(18)19)10(12)9-25-13-7-3-2-5-11(13)17/h2-8,15H,9H2,1H3. The minimum Gasteiger partial charge on any atom is -0.486 e. The highest BCUT2D eigenvalue weighted by atomic mass is 32.2. The van der Waals surface area contributed by atoms with Gasteiger partial charge in [-0.05, 0) is 34.7 Å². The third-order valence-electron chi connectivity index (χ3n) is 3.48. The zero-order chi connectivity index (χ0) is 18.7. The summed E-state index contributed by atoms with van der Waals surface area (Å²) in [7, 11) is 1.42. The van der Waals surface area contributed by atoms with Crippen LogP contribution < -0.4 is 10.4 Å². The predicted molar refractivity (Wildman–Crippen MR) is 89.2 cm³/mol. The van der Waals surface area contributed by atoms with Crippen molar-refractivity contribution in [1.29, 1.82) is 0 Å². The first-order chi connectivity index (χ1) is 12.5. The van der Waals surface area contributed by atoms with E-state index in [9.17, 15) is 18.0 Å². The van der Waals surface area contributed by atoms with Crippen molar-refractivity contribution in [3.8, 4) is 11.4 Å². The molecule has 136 valence electrons. The van der Waals surface area contributed by atoms with E-state index >= 15 is 0 Å². The van der Waals surface area contributed by atoms with Crippen LogP contribution in [0, 0.1) is 5.82 Å². The fourth-order valence-electron chi connectivity index (χ4n) is 2.28. The Labute approximate surface area is 150 Å². The summed E-state index contributed by atoms with van der Waals surface area (Å²) in [5.41, 5.74) is -0.0231. The van der Waals surface area contributed by atoms with Crippen LogP contribution in [0.3, 0.4) is 0 Å². The number of ether oxygens (including phenoxy) is 1. The van der Waals surface area contributed by atoms with Crippen LogP contribution in [0.2, 0.25) is 0 Å². The van der Waals surface area contributed by atoms with Gasteiger partial charge in [-0.1, -0.05) is 30.0 Å². The molecule has 0 unspecified atom stereocenters. The molecule has 0 radical (unpaired) electrons. The molecule has 0 bridgehead atoms. The van der Waals surface area contributed by atoms with E-state index in [2.05, 4.69) is 10.4 Å². The fourth-order valence-corrected chi connectivity index (χ4v) is 2.94. The van der Waals surface area contributed by atoms with E-state index in [1.807, 2.05) is 0 Å². The summed E-state index contributed by atoms with van der Waals surface area (Å²) in [6.07, 6.45) is 0. The van der Waals surface area contributed by atoms with Gasteiger partial charge in [-0.3, -0.25) is 0 Å². The lowest BCUT2D eigenvalue weighted by atomic mass is 10.2. The Hall–Kier alpha value is -2.75. The number of nitrogens with zero attached hydrogens (tertiary/aromatic N) is 4. The first-order valence-electron chi connectivity index (χ1n) is 7.41. The maximum atomic E-state index is 13.8. The average Bonchev–Trinajstić information content (AvgIpc) is 2.93. The Kier molecular flexibility index (Phi) is 5.31. The highest BCUT2D eigenvalue weighted by Gasteiger charge is 2.18. The lowest BCUT2D eigenvalue weighted by molar-refractivity contribution is 0.251. The number of halogens is 3. The topological polar surface area (TPSA) is 61.9 Å². The second-order valence-electron chi connectivity index (χ2n) is 5.15. The van der Waals surface area contributed by atoms with Crippen LogP contribution in [-0.2, 0) is 13.7 Å². The molecule has 0 saturated carbocycles. The lowest BCUT2D eigenvalue weighted by Crippen LogP contribution is -2.23. The van der Waals surface area contributed by atoms with Crippen molar-refractivity contribution in [3.05, 3.63) is 64.3 Å². The van der Waals surface area contributed by atoms with Gasteiger partial charge in [0.1, 0.15) is 6.61 Å². The Bertz CT molecular complexity index is 974. The number of hydrogen-bond acceptors (Lipinski definition) is 5. The molecule has 26 heavy (non-hydrogen) atoms. The molecule has 0 spiro atoms. The second kappa shape index (κ2) is 7.65. The van der Waals surface area contributed by atoms with E-state index in [0.717, 1.165) is 9.36 Å². The summed E-state index contributed by atoms with van der Waals surface area (Å²) in [6.45, 7) is -0.227. The van der Waals surface area contributed by atoms with Crippen LogP contribution in [-0.4, -0.2) is 25.5 Å². The number of thioether (sulfide) groups is 1. The van der Waals surface area contributed by atoms with Crippen molar-refractivity contribution < 1.29 is 17.9 Å². The number of benzene rings is 2. The minimum atomic E-state index is -2.67. The summed E-state index contributed by atoms with van der Waals surface area (Å²) < 4.78 is 47.0. The first kappa shape index (κ1) is 18.1. The molecule has 0 saturated heterocycles. The summed E-state index contributed by atoms with van der Waals surface area (Å²) in [6, 6.07) is 10.3. The summed E-state index contributed by atoms with van der Waals surface area (Å²) >= 11 is 0.308. The molecule has 0 amide bonds. The molecule has 1 heterocycles. The van der Waals surface area contributed by atoms with Gasteiger partial charge in [-0.15, -0.1) is 0 Å². The van der Waals surface area contributed by atoms with Crippen LogP contribution >= 0.6 is 11.8 Å². The molecule has 2 aromatic carbocycles. The van der Waals surface area contributed by atoms with Crippen LogP contribution in [0.25, 0.3) is 5.69 Å². The predicted octanol–water partition coefficient (Wildman–Crippen LogP) is 3.00. The average molecular weight is 382 g/mol. The number of hydrogen-bond donors (Lipinski definition) is 0. The van der Waals surface area contributed by atoms with E-state index in [4.69, 9.17) is 4.74 Å². The van der Waals surface area contributed by atoms with Crippen molar-refractivity contribution >= 4 is 11.8 Å². The lowest BCUT2D eigenvalue weighted by Gasteiger charge is -2.14. The summed E-state index contributed by atoms with van der Waals surface area (Å²) in [4.78, 5) is 12.3. The highest BCUT2D eigenvalue weighted by molar-refractivity contribution is 7.99. The quantitative estimate of drug-likeness (QED) is 0.614. The van der Waals surface area contributed by atoms with Gasteiger partial charge in [0.25, 0.3) is 5.76 Å². The number of para-hydroxylation sites is 1. The van der Waals surface area contributed by atoms with Gasteiger partial charge in [0.05, 0.1) is 5.69 Å². The van der Waals surface area contributed by atoms with Crippen LogP contribution in [0.15, 0.2) is 52.2 Å². The van der Waals surface area contributed by atoms with Crippen molar-refractivity contribution in [1.82, 2.24) is 19.8 Å². The van der Waals surface area contributed by atoms with Crippen molar-refractivity contribution in [2.24, 2.45) is 7.05 Å². The zero-order valence-corrected chi connectivity index (χ0v) is 14.3. The second-order valence-corrected chi connectivity index (χ2v) is 6.18. The molecule has 0 atom stereocenters. The first-order valence-corrected chi connectivity index (χ1v) is 8.28. The van der Waals surface area contributed by atoms with Gasteiger partial charge in [0.15, 0.2) is 11.6 Å². The molecule has 0 N–H and O–H groups in total. The van der Waals surface area contributed by atoms with Crippen molar-refractivity contribution in [2.75, 3.05) is 0 Å². The Balaban J connectivity index is 2.03. The third-order valence-corrected chi connectivity index (χ3v) is 4.30. The summed E-state index contributed by atoms with van der Waals surface area (Å²) in [5.74, 6) is -3.28. The van der Waals surface area contributed by atoms with Gasteiger partial charge in [-0.25, -0.2) is 9.18 Å². The molecule has 0 aliphatic rings. The van der Waals surface area contributed by atoms with Crippen LogP contribution in [0.1, 0.15) is 5.56 Å². The summed E-state index contributed by atoms with van der Waals surface area (Å²) in [5, 5.41) is 7.35. The number of aryl methyl sites for hydroxylation is 1. The minimum absolute atomic E-state index is 0.0261. The van der Waals surface area contributed by atoms with E-state index < -0.39 is 17.3 Å². The highest BCUT2D eigenvalue weighted by Crippen LogP contribution is 2.32. The Morgan fingerprint density at radius 2 is 1.92 bits per heavy atom. The Morgan fingerprint density at radius 3 is 2.58 bits per heavy atom. The van der Waals surface area contributed by atoms with E-state index in [-0.39, 0.29) is 28.5 Å². The third kappa shape index (κ3) is 3.74. The molecule has 0 fully saturated rings. The maximum Gasteiger partial charge on any atom is 0.368 e. The van der Waals surface area contributed by atoms with E-state index in [1.54, 1.807) is 6.07 Å². The van der Waals surface area contributed by atoms with Crippen molar-refractivity contribution in [3.63, 3.8) is 0 Å². The molecule has 0 aliphatic carbocycles. The number of rotatable bonds is 6. The molecular weight excluding hydrogens is 369 g/mol. The molecule has 6 nitrogen and oxygen atoms in total. The molecule has 3 aromatic rings. The molecule has 0 aliphatic heterocycles. The smallest absolute Gasteiger partial charge is 0.368 e. The number of aromatic nitrogens is 4. The fraction of sp³-hybridized carbons (Fsp3) is 0.188. The molecule has 1 aromatic heterocycles. The molecular formula is C16H13F3N4O2S. The van der Waals surface area contributed by atoms with Crippen LogP contribution in [0.4, 0.5) is 13.2 Å². The maximum absolute atomic E-state index is 13.8. The number of alkyl halides is 2. The van der Waals surface area contributed by atoms with E-state index in [1.165, 1.54) is 43.4 Å². The zero-order valence-electron chi connectivity index (χ0n) is 13.5. The van der Waals surface area contributed by atoms with Gasteiger partial charge in [-0.2, -0.15) is 18.1 Å². The normalized spacial score (nSPS) is 11.1. The monoisotopic (exact) mass is 382 g/mol. The van der Waals surface area contributed by atoms with Gasteiger partial charge in [0.2, 0.25) is 0 Å².